The minimum absolute atomic E-state index is 0.597. The van der Waals surface area contributed by atoms with E-state index in [2.05, 4.69) is 16.0 Å². The van der Waals surface area contributed by atoms with Gasteiger partial charge in [0.1, 0.15) is 0 Å². The maximum atomic E-state index is 5.27. The van der Waals surface area contributed by atoms with Crippen LogP contribution in [0.2, 0.25) is 0 Å². The van der Waals surface area contributed by atoms with Crippen molar-refractivity contribution < 1.29 is 0 Å². The molecule has 0 fully saturated rings. The molecule has 0 aromatic carbocycles. The van der Waals surface area contributed by atoms with E-state index >= 15 is 0 Å². The minimum atomic E-state index is 0.597. The van der Waals surface area contributed by atoms with Crippen LogP contribution in [0.5, 0.6) is 0 Å². The number of hydrogen-bond donors (Lipinski definition) is 11. The zero-order valence-electron chi connectivity index (χ0n) is 16.7. The molecule has 0 atom stereocenters. The first-order valence-corrected chi connectivity index (χ1v) is 9.39. The van der Waals surface area contributed by atoms with Crippen LogP contribution in [0, 0.1) is 0 Å². The van der Waals surface area contributed by atoms with E-state index in [4.69, 9.17) is 45.9 Å². The van der Waals surface area contributed by atoms with E-state index in [9.17, 15) is 0 Å². The molecule has 164 valence electrons. The summed E-state index contributed by atoms with van der Waals surface area (Å²) in [5, 5.41) is 9.37. The second-order valence-corrected chi connectivity index (χ2v) is 4.91. The van der Waals surface area contributed by atoms with E-state index in [0.29, 0.717) is 39.3 Å². The molecule has 0 aliphatic rings. The Morgan fingerprint density at radius 3 is 0.731 bits per heavy atom. The number of rotatable bonds is 14. The number of nitrogens with one attached hydrogen (secondary N) is 3. The Balaban J connectivity index is -0.000000133. The average molecular weight is 384 g/mol. The molecule has 19 N–H and O–H groups in total. The molecular formula is C15H49N11. The topological polar surface area (TPSA) is 244 Å². The lowest BCUT2D eigenvalue weighted by molar-refractivity contribution is 0.618. The molecule has 0 saturated heterocycles. The summed E-state index contributed by atoms with van der Waals surface area (Å²) in [4.78, 5) is 0. The van der Waals surface area contributed by atoms with E-state index in [-0.39, 0.29) is 0 Å². The molecule has 0 aromatic heterocycles. The summed E-state index contributed by atoms with van der Waals surface area (Å²) in [7, 11) is 0. The minimum Gasteiger partial charge on any atom is -0.330 e. The Bertz CT molecular complexity index is 160. The van der Waals surface area contributed by atoms with Gasteiger partial charge in [0, 0.05) is 78.5 Å². The lowest BCUT2D eigenvalue weighted by Gasteiger charge is -2.03. The molecule has 0 bridgehead atoms. The highest BCUT2D eigenvalue weighted by molar-refractivity contribution is 4.51. The van der Waals surface area contributed by atoms with Gasteiger partial charge in [-0.1, -0.05) is 0 Å². The Kier molecular flexibility index (Phi) is 56.4. The van der Waals surface area contributed by atoms with Gasteiger partial charge in [-0.05, 0) is 19.5 Å². The Morgan fingerprint density at radius 2 is 0.577 bits per heavy atom. The van der Waals surface area contributed by atoms with Gasteiger partial charge >= 0.3 is 0 Å². The third kappa shape index (κ3) is 65.2. The summed E-state index contributed by atoms with van der Waals surface area (Å²) in [6, 6.07) is 0. The van der Waals surface area contributed by atoms with E-state index in [0.717, 1.165) is 58.8 Å². The monoisotopic (exact) mass is 383 g/mol. The second kappa shape index (κ2) is 44.2. The van der Waals surface area contributed by atoms with Crippen molar-refractivity contribution in [2.24, 2.45) is 45.9 Å². The molecule has 0 amide bonds. The van der Waals surface area contributed by atoms with Crippen molar-refractivity contribution >= 4 is 0 Å². The zero-order valence-corrected chi connectivity index (χ0v) is 16.7. The lowest BCUT2D eigenvalue weighted by Crippen LogP contribution is -2.32. The predicted octanol–water partition coefficient (Wildman–Crippen LogP) is -5.23. The van der Waals surface area contributed by atoms with Gasteiger partial charge in [0.25, 0.3) is 0 Å². The molecular weight excluding hydrogens is 334 g/mol. The van der Waals surface area contributed by atoms with Gasteiger partial charge in [-0.15, -0.1) is 0 Å². The molecule has 0 rings (SSSR count). The molecule has 0 aromatic rings. The van der Waals surface area contributed by atoms with Crippen molar-refractivity contribution in [1.82, 2.24) is 16.0 Å². The molecule has 11 heteroatoms. The first kappa shape index (κ1) is 33.2. The van der Waals surface area contributed by atoms with Crippen molar-refractivity contribution in [3.63, 3.8) is 0 Å². The average Bonchev–Trinajstić information content (AvgIpc) is 2.67. The van der Waals surface area contributed by atoms with Crippen molar-refractivity contribution in [2.45, 2.75) is 6.42 Å². The first-order chi connectivity index (χ1) is 12.7. The Hall–Kier alpha value is -0.440. The highest BCUT2D eigenvalue weighted by Crippen LogP contribution is 1.58. The van der Waals surface area contributed by atoms with E-state index in [1.807, 2.05) is 0 Å². The third-order valence-electron chi connectivity index (χ3n) is 2.34. The van der Waals surface area contributed by atoms with Crippen molar-refractivity contribution in [3.8, 4) is 0 Å². The van der Waals surface area contributed by atoms with Crippen LogP contribution in [0.25, 0.3) is 0 Å². The molecule has 0 aliphatic carbocycles. The van der Waals surface area contributed by atoms with Gasteiger partial charge in [0.2, 0.25) is 0 Å². The molecule has 26 heavy (non-hydrogen) atoms. The highest BCUT2D eigenvalue weighted by Gasteiger charge is 1.83. The fourth-order valence-electron chi connectivity index (χ4n) is 1.08. The van der Waals surface area contributed by atoms with Gasteiger partial charge in [0.05, 0.1) is 0 Å². The first-order valence-electron chi connectivity index (χ1n) is 9.39. The van der Waals surface area contributed by atoms with Crippen LogP contribution in [-0.2, 0) is 0 Å². The van der Waals surface area contributed by atoms with Gasteiger partial charge in [-0.2, -0.15) is 0 Å². The SMILES string of the molecule is NCCCN.NCCN.NCCNCCN.NCCNCCNCCN. The normalized spacial score (nSPS) is 9.23. The number of hydrogen-bond acceptors (Lipinski definition) is 11. The van der Waals surface area contributed by atoms with Crippen LogP contribution in [-0.4, -0.2) is 91.6 Å². The summed E-state index contributed by atoms with van der Waals surface area (Å²) >= 11 is 0. The van der Waals surface area contributed by atoms with E-state index < -0.39 is 0 Å². The molecule has 0 saturated carbocycles. The molecule has 0 radical (unpaired) electrons. The quantitative estimate of drug-likeness (QED) is 0.126. The van der Waals surface area contributed by atoms with Crippen molar-refractivity contribution in [3.05, 3.63) is 0 Å². The zero-order chi connectivity index (χ0) is 20.7. The third-order valence-corrected chi connectivity index (χ3v) is 2.34. The molecule has 0 spiro atoms. The summed E-state index contributed by atoms with van der Waals surface area (Å²) < 4.78 is 0. The molecule has 0 unspecified atom stereocenters. The summed E-state index contributed by atoms with van der Waals surface area (Å²) in [5.74, 6) is 0. The Labute approximate surface area is 160 Å². The smallest absolute Gasteiger partial charge is 0.00772 e. The molecule has 11 nitrogen and oxygen atoms in total. The molecule has 0 aliphatic heterocycles. The predicted molar refractivity (Wildman–Crippen MR) is 116 cm³/mol. The summed E-state index contributed by atoms with van der Waals surface area (Å²) in [6.07, 6.45) is 0.944. The Morgan fingerprint density at radius 1 is 0.308 bits per heavy atom. The van der Waals surface area contributed by atoms with Crippen LogP contribution in [0.15, 0.2) is 0 Å². The van der Waals surface area contributed by atoms with Crippen LogP contribution in [0.4, 0.5) is 0 Å². The lowest BCUT2D eigenvalue weighted by atomic mass is 10.4. The van der Waals surface area contributed by atoms with E-state index in [1.165, 1.54) is 0 Å². The van der Waals surface area contributed by atoms with Crippen molar-refractivity contribution in [2.75, 3.05) is 91.6 Å². The molecule has 0 heterocycles. The van der Waals surface area contributed by atoms with Crippen LogP contribution in [0.3, 0.4) is 0 Å². The van der Waals surface area contributed by atoms with Gasteiger partial charge in [-0.3, -0.25) is 0 Å². The van der Waals surface area contributed by atoms with Gasteiger partial charge in [-0.25, -0.2) is 0 Å². The number of nitrogens with two attached hydrogens (primary N) is 8. The van der Waals surface area contributed by atoms with Crippen LogP contribution < -0.4 is 61.8 Å². The van der Waals surface area contributed by atoms with Gasteiger partial charge in [0.15, 0.2) is 0 Å². The van der Waals surface area contributed by atoms with Crippen LogP contribution in [0.1, 0.15) is 6.42 Å². The second-order valence-electron chi connectivity index (χ2n) is 4.91. The maximum Gasteiger partial charge on any atom is 0.00772 e. The standard InChI is InChI=1S/C6H18N4.C4H13N3.C3H10N2.C2H8N2/c7-1-3-9-5-6-10-4-2-8;5-1-3-7-4-2-6;4-2-1-3-5;3-1-2-4/h9-10H,1-8H2;7H,1-6H2;1-5H2;1-4H2. The summed E-state index contributed by atoms with van der Waals surface area (Å²) in [6.45, 7) is 10.9. The fraction of sp³-hybridized carbons (Fsp3) is 1.00. The van der Waals surface area contributed by atoms with Crippen molar-refractivity contribution in [1.29, 1.82) is 0 Å². The highest BCUT2D eigenvalue weighted by atomic mass is 14.9. The van der Waals surface area contributed by atoms with Crippen LogP contribution >= 0.6 is 0 Å². The van der Waals surface area contributed by atoms with Gasteiger partial charge < -0.3 is 61.8 Å². The van der Waals surface area contributed by atoms with E-state index in [1.54, 1.807) is 0 Å². The fourth-order valence-corrected chi connectivity index (χ4v) is 1.08. The summed E-state index contributed by atoms with van der Waals surface area (Å²) in [5.41, 5.74) is 40.8. The maximum absolute atomic E-state index is 5.27. The largest absolute Gasteiger partial charge is 0.330 e.